The summed E-state index contributed by atoms with van der Waals surface area (Å²) in [6.07, 6.45) is 0. The molecule has 0 N–H and O–H groups in total. The average Bonchev–Trinajstić information content (AvgIpc) is 2.97. The number of benzene rings is 2. The Labute approximate surface area is 132 Å². The molecule has 0 unspecified atom stereocenters. The normalized spacial score (nSPS) is 11.6. The summed E-state index contributed by atoms with van der Waals surface area (Å²) in [5.74, 6) is -0.445. The third kappa shape index (κ3) is 2.92. The first-order valence-corrected chi connectivity index (χ1v) is 7.82. The third-order valence-electron chi connectivity index (χ3n) is 3.42. The van der Waals surface area contributed by atoms with Gasteiger partial charge in [0.05, 0.1) is 11.3 Å². The second-order valence-corrected chi connectivity index (χ2v) is 5.98. The van der Waals surface area contributed by atoms with Crippen LogP contribution in [0.4, 0.5) is 0 Å². The van der Waals surface area contributed by atoms with Crippen LogP contribution < -0.4 is 0 Å². The molecular formula is C18H15NO2S. The number of hydrogen-bond donors (Lipinski definition) is 0. The van der Waals surface area contributed by atoms with E-state index in [2.05, 4.69) is 11.2 Å². The SMILES string of the molecule is C/C(=N/OC(=O)c1ccc(C)cc1)c1csc2ccccc12. The van der Waals surface area contributed by atoms with Crippen LogP contribution in [0.1, 0.15) is 28.4 Å². The minimum Gasteiger partial charge on any atom is -0.313 e. The molecule has 3 aromatic rings. The van der Waals surface area contributed by atoms with E-state index in [4.69, 9.17) is 4.84 Å². The molecular weight excluding hydrogens is 294 g/mol. The zero-order chi connectivity index (χ0) is 15.5. The predicted octanol–water partition coefficient (Wildman–Crippen LogP) is 4.79. The Hall–Kier alpha value is -2.46. The van der Waals surface area contributed by atoms with E-state index >= 15 is 0 Å². The molecule has 0 fully saturated rings. The minimum atomic E-state index is -0.445. The smallest absolute Gasteiger partial charge is 0.313 e. The van der Waals surface area contributed by atoms with Gasteiger partial charge in [0.2, 0.25) is 0 Å². The van der Waals surface area contributed by atoms with Crippen LogP contribution in [0.3, 0.4) is 0 Å². The van der Waals surface area contributed by atoms with Gasteiger partial charge in [-0.3, -0.25) is 0 Å². The molecule has 0 radical (unpaired) electrons. The number of oxime groups is 1. The van der Waals surface area contributed by atoms with Crippen molar-refractivity contribution in [3.05, 3.63) is 70.6 Å². The van der Waals surface area contributed by atoms with E-state index in [9.17, 15) is 4.79 Å². The van der Waals surface area contributed by atoms with E-state index < -0.39 is 5.97 Å². The molecule has 3 nitrogen and oxygen atoms in total. The van der Waals surface area contributed by atoms with Crippen molar-refractivity contribution >= 4 is 33.1 Å². The summed E-state index contributed by atoms with van der Waals surface area (Å²) in [6, 6.07) is 15.3. The number of rotatable bonds is 3. The molecule has 0 saturated carbocycles. The minimum absolute atomic E-state index is 0.445. The first-order chi connectivity index (χ1) is 10.6. The Bertz CT molecular complexity index is 847. The quantitative estimate of drug-likeness (QED) is 0.396. The van der Waals surface area contributed by atoms with Crippen LogP contribution in [0.5, 0.6) is 0 Å². The molecule has 2 aromatic carbocycles. The Balaban J connectivity index is 1.80. The van der Waals surface area contributed by atoms with Crippen LogP contribution in [0.15, 0.2) is 59.1 Å². The van der Waals surface area contributed by atoms with Crippen LogP contribution >= 0.6 is 11.3 Å². The maximum atomic E-state index is 12.0. The lowest BCUT2D eigenvalue weighted by Crippen LogP contribution is -2.03. The fourth-order valence-corrected chi connectivity index (χ4v) is 3.16. The Morgan fingerprint density at radius 2 is 1.82 bits per heavy atom. The number of fused-ring (bicyclic) bond motifs is 1. The maximum absolute atomic E-state index is 12.0. The lowest BCUT2D eigenvalue weighted by Gasteiger charge is -2.01. The monoisotopic (exact) mass is 309 g/mol. The highest BCUT2D eigenvalue weighted by Gasteiger charge is 2.09. The fourth-order valence-electron chi connectivity index (χ4n) is 2.16. The second-order valence-electron chi connectivity index (χ2n) is 5.07. The lowest BCUT2D eigenvalue weighted by atomic mass is 10.1. The van der Waals surface area contributed by atoms with Crippen LogP contribution in [-0.2, 0) is 4.84 Å². The van der Waals surface area contributed by atoms with Gasteiger partial charge in [0.15, 0.2) is 0 Å². The van der Waals surface area contributed by atoms with Gasteiger partial charge in [0.1, 0.15) is 0 Å². The molecule has 0 amide bonds. The van der Waals surface area contributed by atoms with Gasteiger partial charge in [-0.25, -0.2) is 4.79 Å². The van der Waals surface area contributed by atoms with Crippen molar-refractivity contribution in [3.8, 4) is 0 Å². The molecule has 0 aliphatic heterocycles. The van der Waals surface area contributed by atoms with Crippen molar-refractivity contribution < 1.29 is 9.63 Å². The van der Waals surface area contributed by atoms with Crippen molar-refractivity contribution in [2.45, 2.75) is 13.8 Å². The maximum Gasteiger partial charge on any atom is 0.365 e. The van der Waals surface area contributed by atoms with Crippen molar-refractivity contribution in [2.24, 2.45) is 5.16 Å². The van der Waals surface area contributed by atoms with Gasteiger partial charge in [0, 0.05) is 21.0 Å². The van der Waals surface area contributed by atoms with E-state index in [1.165, 1.54) is 4.70 Å². The standard InChI is InChI=1S/C18H15NO2S/c1-12-7-9-14(10-8-12)18(20)21-19-13(2)16-11-22-17-6-4-3-5-15(16)17/h3-11H,1-2H3/b19-13-. The Kier molecular flexibility index (Phi) is 4.02. The van der Waals surface area contributed by atoms with Crippen molar-refractivity contribution in [3.63, 3.8) is 0 Å². The summed E-state index contributed by atoms with van der Waals surface area (Å²) >= 11 is 1.65. The molecule has 1 aromatic heterocycles. The molecule has 22 heavy (non-hydrogen) atoms. The summed E-state index contributed by atoms with van der Waals surface area (Å²) in [7, 11) is 0. The van der Waals surface area contributed by atoms with Gasteiger partial charge in [-0.15, -0.1) is 11.3 Å². The average molecular weight is 309 g/mol. The second kappa shape index (κ2) is 6.12. The summed E-state index contributed by atoms with van der Waals surface area (Å²) in [6.45, 7) is 3.82. The lowest BCUT2D eigenvalue weighted by molar-refractivity contribution is 0.0516. The van der Waals surface area contributed by atoms with Crippen molar-refractivity contribution in [1.82, 2.24) is 0 Å². The third-order valence-corrected chi connectivity index (χ3v) is 4.39. The number of carbonyl (C=O) groups excluding carboxylic acids is 1. The highest BCUT2D eigenvalue weighted by atomic mass is 32.1. The molecule has 0 aliphatic rings. The van der Waals surface area contributed by atoms with Gasteiger partial charge >= 0.3 is 5.97 Å². The molecule has 4 heteroatoms. The number of thiophene rings is 1. The van der Waals surface area contributed by atoms with Gasteiger partial charge < -0.3 is 4.84 Å². The van der Waals surface area contributed by atoms with Gasteiger partial charge in [0.25, 0.3) is 0 Å². The topological polar surface area (TPSA) is 38.7 Å². The largest absolute Gasteiger partial charge is 0.365 e. The van der Waals surface area contributed by atoms with Crippen LogP contribution in [-0.4, -0.2) is 11.7 Å². The number of aryl methyl sites for hydroxylation is 1. The van der Waals surface area contributed by atoms with Gasteiger partial charge in [-0.1, -0.05) is 41.1 Å². The zero-order valence-corrected chi connectivity index (χ0v) is 13.2. The first-order valence-electron chi connectivity index (χ1n) is 6.94. The molecule has 1 heterocycles. The van der Waals surface area contributed by atoms with Crippen LogP contribution in [0, 0.1) is 6.92 Å². The zero-order valence-electron chi connectivity index (χ0n) is 12.4. The van der Waals surface area contributed by atoms with E-state index in [0.29, 0.717) is 11.3 Å². The molecule has 0 atom stereocenters. The molecule has 0 spiro atoms. The predicted molar refractivity (Wildman–Crippen MR) is 90.6 cm³/mol. The molecule has 0 aliphatic carbocycles. The summed E-state index contributed by atoms with van der Waals surface area (Å²) in [4.78, 5) is 17.0. The highest BCUT2D eigenvalue weighted by molar-refractivity contribution is 7.17. The van der Waals surface area contributed by atoms with E-state index in [1.54, 1.807) is 23.5 Å². The summed E-state index contributed by atoms with van der Waals surface area (Å²) in [5, 5.41) is 7.15. The van der Waals surface area contributed by atoms with Crippen LogP contribution in [0.25, 0.3) is 10.1 Å². The van der Waals surface area contributed by atoms with E-state index in [1.807, 2.05) is 49.6 Å². The van der Waals surface area contributed by atoms with Gasteiger partial charge in [-0.2, -0.15) is 0 Å². The highest BCUT2D eigenvalue weighted by Crippen LogP contribution is 2.26. The van der Waals surface area contributed by atoms with E-state index in [-0.39, 0.29) is 0 Å². The fraction of sp³-hybridized carbons (Fsp3) is 0.111. The molecule has 110 valence electrons. The number of carbonyl (C=O) groups is 1. The molecule has 3 rings (SSSR count). The number of nitrogens with zero attached hydrogens (tertiary/aromatic N) is 1. The Morgan fingerprint density at radius 1 is 1.09 bits per heavy atom. The molecule has 0 bridgehead atoms. The number of hydrogen-bond acceptors (Lipinski definition) is 4. The summed E-state index contributed by atoms with van der Waals surface area (Å²) < 4.78 is 1.19. The van der Waals surface area contributed by atoms with Crippen molar-refractivity contribution in [2.75, 3.05) is 0 Å². The van der Waals surface area contributed by atoms with Crippen molar-refractivity contribution in [1.29, 1.82) is 0 Å². The Morgan fingerprint density at radius 3 is 2.59 bits per heavy atom. The van der Waals surface area contributed by atoms with Crippen LogP contribution in [0.2, 0.25) is 0 Å². The first kappa shape index (κ1) is 14.5. The van der Waals surface area contributed by atoms with Gasteiger partial charge in [-0.05, 0) is 32.0 Å². The van der Waals surface area contributed by atoms with E-state index in [0.717, 1.165) is 16.5 Å². The molecule has 0 saturated heterocycles. The summed E-state index contributed by atoms with van der Waals surface area (Å²) in [5.41, 5.74) is 3.29.